The van der Waals surface area contributed by atoms with Crippen LogP contribution in [0.25, 0.3) is 5.76 Å². The lowest BCUT2D eigenvalue weighted by Gasteiger charge is -2.12. The molecule has 1 aliphatic rings. The number of hydrogen-bond acceptors (Lipinski definition) is 1. The largest absolute Gasteiger partial charge is 0.461 e. The molecule has 2 nitrogen and oxygen atoms in total. The summed E-state index contributed by atoms with van der Waals surface area (Å²) in [5.41, 5.74) is 3.57. The second-order valence-electron chi connectivity index (χ2n) is 3.36. The fraction of sp³-hybridized carbons (Fsp3) is 0.167. The first kappa shape index (κ1) is 8.88. The van der Waals surface area contributed by atoms with Crippen LogP contribution >= 0.6 is 0 Å². The van der Waals surface area contributed by atoms with E-state index in [0.29, 0.717) is 0 Å². The van der Waals surface area contributed by atoms with Crippen molar-refractivity contribution in [3.8, 4) is 0 Å². The Morgan fingerprint density at radius 3 is 2.71 bits per heavy atom. The second-order valence-corrected chi connectivity index (χ2v) is 3.36. The molecule has 0 aliphatic carbocycles. The molecule has 71 valence electrons. The summed E-state index contributed by atoms with van der Waals surface area (Å²) in [4.78, 5) is 0. The van der Waals surface area contributed by atoms with Gasteiger partial charge in [0.05, 0.1) is 12.4 Å². The molecule has 14 heavy (non-hydrogen) atoms. The zero-order valence-electron chi connectivity index (χ0n) is 8.32. The Morgan fingerprint density at radius 2 is 2.07 bits per heavy atom. The number of ether oxygens (including phenoxy) is 1. The van der Waals surface area contributed by atoms with Gasteiger partial charge in [0.25, 0.3) is 0 Å². The van der Waals surface area contributed by atoms with Crippen molar-refractivity contribution >= 4 is 5.76 Å². The lowest BCUT2D eigenvalue weighted by atomic mass is 10.0. The molecule has 0 bridgehead atoms. The lowest BCUT2D eigenvalue weighted by molar-refractivity contribution is 0.423. The van der Waals surface area contributed by atoms with Gasteiger partial charge in [0, 0.05) is 5.56 Å². The standard InChI is InChI=1S/C12H12NO/c1-9-3-4-11(10(2)7-9)12-8-13-5-6-14-12/h3-8H,1-2H3. The van der Waals surface area contributed by atoms with Crippen LogP contribution in [0.2, 0.25) is 0 Å². The Bertz CT molecular complexity index is 405. The minimum Gasteiger partial charge on any atom is -0.461 e. The van der Waals surface area contributed by atoms with Gasteiger partial charge in [-0.15, -0.1) is 0 Å². The molecule has 2 heteroatoms. The average Bonchev–Trinajstić information content (AvgIpc) is 2.19. The van der Waals surface area contributed by atoms with E-state index in [-0.39, 0.29) is 0 Å². The third-order valence-corrected chi connectivity index (χ3v) is 2.18. The number of benzene rings is 1. The smallest absolute Gasteiger partial charge is 0.152 e. The van der Waals surface area contributed by atoms with Gasteiger partial charge in [-0.3, -0.25) is 5.32 Å². The lowest BCUT2D eigenvalue weighted by Crippen LogP contribution is -1.99. The van der Waals surface area contributed by atoms with Gasteiger partial charge in [0.1, 0.15) is 6.26 Å². The maximum Gasteiger partial charge on any atom is 0.152 e. The van der Waals surface area contributed by atoms with Crippen LogP contribution in [0.5, 0.6) is 0 Å². The monoisotopic (exact) mass is 186 g/mol. The van der Waals surface area contributed by atoms with Gasteiger partial charge in [-0.05, 0) is 19.4 Å². The molecule has 2 rings (SSSR count). The van der Waals surface area contributed by atoms with E-state index in [1.165, 1.54) is 11.1 Å². The van der Waals surface area contributed by atoms with Crippen molar-refractivity contribution in [1.82, 2.24) is 5.32 Å². The van der Waals surface area contributed by atoms with Crippen LogP contribution in [0.4, 0.5) is 0 Å². The zero-order valence-corrected chi connectivity index (χ0v) is 8.32. The van der Waals surface area contributed by atoms with Crippen LogP contribution in [0.15, 0.2) is 36.9 Å². The summed E-state index contributed by atoms with van der Waals surface area (Å²) in [6.45, 7) is 4.15. The molecule has 1 heterocycles. The summed E-state index contributed by atoms with van der Waals surface area (Å²) in [7, 11) is 0. The van der Waals surface area contributed by atoms with Gasteiger partial charge < -0.3 is 4.74 Å². The number of aryl methyl sites for hydroxylation is 2. The first-order valence-corrected chi connectivity index (χ1v) is 4.57. The molecule has 0 N–H and O–H groups in total. The second kappa shape index (κ2) is 3.58. The molecule has 0 saturated heterocycles. The van der Waals surface area contributed by atoms with E-state index in [0.717, 1.165) is 11.3 Å². The number of nitrogens with zero attached hydrogens (tertiary/aromatic N) is 1. The predicted octanol–water partition coefficient (Wildman–Crippen LogP) is 2.71. The molecule has 1 radical (unpaired) electrons. The molecule has 1 aromatic carbocycles. The topological polar surface area (TPSA) is 23.3 Å². The maximum absolute atomic E-state index is 5.37. The maximum atomic E-state index is 5.37. The molecule has 0 spiro atoms. The van der Waals surface area contributed by atoms with Crippen molar-refractivity contribution in [1.29, 1.82) is 0 Å². The average molecular weight is 186 g/mol. The van der Waals surface area contributed by atoms with Crippen LogP contribution in [0.1, 0.15) is 16.7 Å². The highest BCUT2D eigenvalue weighted by atomic mass is 16.5. The molecule has 0 unspecified atom stereocenters. The predicted molar refractivity (Wildman–Crippen MR) is 56.3 cm³/mol. The van der Waals surface area contributed by atoms with Crippen molar-refractivity contribution in [2.24, 2.45) is 0 Å². The third kappa shape index (κ3) is 1.64. The Morgan fingerprint density at radius 1 is 1.21 bits per heavy atom. The summed E-state index contributed by atoms with van der Waals surface area (Å²) in [5, 5.41) is 4.03. The molecule has 0 fully saturated rings. The summed E-state index contributed by atoms with van der Waals surface area (Å²) < 4.78 is 5.37. The van der Waals surface area contributed by atoms with E-state index in [4.69, 9.17) is 4.74 Å². The molecule has 0 atom stereocenters. The van der Waals surface area contributed by atoms with E-state index in [9.17, 15) is 0 Å². The van der Waals surface area contributed by atoms with Crippen molar-refractivity contribution < 1.29 is 4.74 Å². The summed E-state index contributed by atoms with van der Waals surface area (Å²) in [6, 6.07) is 6.27. The highest BCUT2D eigenvalue weighted by molar-refractivity contribution is 5.64. The normalized spacial score (nSPS) is 14.3. The summed E-state index contributed by atoms with van der Waals surface area (Å²) in [6.07, 6.45) is 4.96. The Labute approximate surface area is 83.9 Å². The molecule has 0 aromatic heterocycles. The first-order valence-electron chi connectivity index (χ1n) is 4.57. The van der Waals surface area contributed by atoms with Crippen LogP contribution in [0.3, 0.4) is 0 Å². The SMILES string of the molecule is Cc1ccc(C2=C[N]C=CO2)c(C)c1. The first-order chi connectivity index (χ1) is 6.77. The quantitative estimate of drug-likeness (QED) is 0.661. The molecule has 0 saturated carbocycles. The minimum absolute atomic E-state index is 0.810. The summed E-state index contributed by atoms with van der Waals surface area (Å²) >= 11 is 0. The summed E-state index contributed by atoms with van der Waals surface area (Å²) in [5.74, 6) is 0.810. The van der Waals surface area contributed by atoms with Crippen LogP contribution in [0, 0.1) is 13.8 Å². The number of hydrogen-bond donors (Lipinski definition) is 0. The van der Waals surface area contributed by atoms with Gasteiger partial charge in [-0.1, -0.05) is 23.8 Å². The fourth-order valence-corrected chi connectivity index (χ4v) is 1.50. The molecular weight excluding hydrogens is 174 g/mol. The van der Waals surface area contributed by atoms with Crippen molar-refractivity contribution in [2.75, 3.05) is 0 Å². The van der Waals surface area contributed by atoms with Gasteiger partial charge in [0.15, 0.2) is 5.76 Å². The van der Waals surface area contributed by atoms with Gasteiger partial charge in [-0.25, -0.2) is 0 Å². The zero-order chi connectivity index (χ0) is 9.97. The van der Waals surface area contributed by atoms with E-state index in [1.807, 2.05) is 0 Å². The van der Waals surface area contributed by atoms with Crippen molar-refractivity contribution in [3.05, 3.63) is 53.6 Å². The molecule has 0 amide bonds. The van der Waals surface area contributed by atoms with Crippen molar-refractivity contribution in [3.63, 3.8) is 0 Å². The minimum atomic E-state index is 0.810. The number of rotatable bonds is 1. The Hall–Kier alpha value is -1.70. The Balaban J connectivity index is 2.36. The van der Waals surface area contributed by atoms with E-state index in [1.54, 1.807) is 18.7 Å². The van der Waals surface area contributed by atoms with Crippen LogP contribution < -0.4 is 5.32 Å². The Kier molecular flexibility index (Phi) is 2.27. The van der Waals surface area contributed by atoms with E-state index < -0.39 is 0 Å². The van der Waals surface area contributed by atoms with Gasteiger partial charge in [-0.2, -0.15) is 0 Å². The highest BCUT2D eigenvalue weighted by Crippen LogP contribution is 2.22. The molecular formula is C12H12NO. The molecule has 1 aliphatic heterocycles. The fourth-order valence-electron chi connectivity index (χ4n) is 1.50. The van der Waals surface area contributed by atoms with Gasteiger partial charge >= 0.3 is 0 Å². The van der Waals surface area contributed by atoms with E-state index >= 15 is 0 Å². The third-order valence-electron chi connectivity index (χ3n) is 2.18. The van der Waals surface area contributed by atoms with Crippen LogP contribution in [-0.2, 0) is 4.74 Å². The molecule has 1 aromatic rings. The van der Waals surface area contributed by atoms with E-state index in [2.05, 4.69) is 37.4 Å². The van der Waals surface area contributed by atoms with Crippen molar-refractivity contribution in [2.45, 2.75) is 13.8 Å². The highest BCUT2D eigenvalue weighted by Gasteiger charge is 2.07. The van der Waals surface area contributed by atoms with Crippen LogP contribution in [-0.4, -0.2) is 0 Å². The van der Waals surface area contributed by atoms with Gasteiger partial charge in [0.2, 0.25) is 0 Å².